The first-order valence-electron chi connectivity index (χ1n) is 7.44. The molecule has 0 spiro atoms. The maximum absolute atomic E-state index is 12.8. The van der Waals surface area contributed by atoms with Crippen molar-refractivity contribution in [3.05, 3.63) is 60.2 Å². The highest BCUT2D eigenvalue weighted by atomic mass is 16.2. The number of nitrogens with one attached hydrogen (secondary N) is 1. The zero-order valence-corrected chi connectivity index (χ0v) is 12.9. The Hall–Kier alpha value is -2.27. The van der Waals surface area contributed by atoms with E-state index < -0.39 is 0 Å². The number of amides is 1. The number of benzene rings is 1. The predicted octanol–water partition coefficient (Wildman–Crippen LogP) is 2.04. The highest BCUT2D eigenvalue weighted by Crippen LogP contribution is 2.27. The Morgan fingerprint density at radius 3 is 2.73 bits per heavy atom. The molecule has 1 N–H and O–H groups in total. The van der Waals surface area contributed by atoms with E-state index in [1.807, 2.05) is 23.1 Å². The molecule has 1 aliphatic rings. The summed E-state index contributed by atoms with van der Waals surface area (Å²) >= 11 is 0. The van der Waals surface area contributed by atoms with Gasteiger partial charge in [0, 0.05) is 31.5 Å². The van der Waals surface area contributed by atoms with Crippen LogP contribution in [0.15, 0.2) is 48.9 Å². The van der Waals surface area contributed by atoms with Crippen LogP contribution in [0.3, 0.4) is 0 Å². The zero-order valence-electron chi connectivity index (χ0n) is 12.9. The van der Waals surface area contributed by atoms with E-state index in [0.717, 1.165) is 6.54 Å². The summed E-state index contributed by atoms with van der Waals surface area (Å²) in [5.74, 6) is -0.0690. The lowest BCUT2D eigenvalue weighted by molar-refractivity contribution is 0.0389. The fraction of sp³-hybridized carbons (Fsp3) is 0.353. The minimum atomic E-state index is -0.264. The Balaban J connectivity index is 1.86. The number of carbonyl (C=O) groups is 1. The van der Waals surface area contributed by atoms with Crippen LogP contribution in [-0.4, -0.2) is 39.4 Å². The molecular weight excluding hydrogens is 276 g/mol. The van der Waals surface area contributed by atoms with Crippen molar-refractivity contribution >= 4 is 5.91 Å². The molecule has 5 heteroatoms. The first kappa shape index (κ1) is 14.7. The predicted molar refractivity (Wildman–Crippen MR) is 84.3 cm³/mol. The molecule has 0 bridgehead atoms. The Bertz CT molecular complexity index is 642. The molecule has 3 rings (SSSR count). The van der Waals surface area contributed by atoms with Gasteiger partial charge in [-0.2, -0.15) is 0 Å². The van der Waals surface area contributed by atoms with Gasteiger partial charge in [0.1, 0.15) is 5.69 Å². The van der Waals surface area contributed by atoms with Crippen LogP contribution < -0.4 is 5.32 Å². The van der Waals surface area contributed by atoms with Gasteiger partial charge in [0.25, 0.3) is 5.91 Å². The lowest BCUT2D eigenvalue weighted by atomic mass is 9.94. The normalized spacial score (nSPS) is 20.6. The van der Waals surface area contributed by atoms with Crippen LogP contribution in [-0.2, 0) is 0 Å². The van der Waals surface area contributed by atoms with Crippen LogP contribution in [0.4, 0.5) is 0 Å². The Labute approximate surface area is 130 Å². The number of carbonyl (C=O) groups excluding carboxylic acids is 1. The summed E-state index contributed by atoms with van der Waals surface area (Å²) in [7, 11) is 0. The number of aromatic nitrogens is 2. The van der Waals surface area contributed by atoms with Crippen LogP contribution in [0.1, 0.15) is 35.9 Å². The highest BCUT2D eigenvalue weighted by molar-refractivity contribution is 5.92. The van der Waals surface area contributed by atoms with E-state index in [4.69, 9.17) is 0 Å². The summed E-state index contributed by atoms with van der Waals surface area (Å²) in [6, 6.07) is 10.3. The molecule has 2 heterocycles. The van der Waals surface area contributed by atoms with E-state index >= 15 is 0 Å². The van der Waals surface area contributed by atoms with Crippen molar-refractivity contribution in [1.82, 2.24) is 20.2 Å². The van der Waals surface area contributed by atoms with Crippen LogP contribution in [0.5, 0.6) is 0 Å². The average molecular weight is 296 g/mol. The SMILES string of the molecule is CC1(C)CNC(c2ccccc2)CN1C(=O)c1cnccn1. The second-order valence-corrected chi connectivity index (χ2v) is 6.16. The Kier molecular flexibility index (Phi) is 3.90. The largest absolute Gasteiger partial charge is 0.329 e. The third-order valence-corrected chi connectivity index (χ3v) is 4.11. The second-order valence-electron chi connectivity index (χ2n) is 6.16. The highest BCUT2D eigenvalue weighted by Gasteiger charge is 2.38. The van der Waals surface area contributed by atoms with Crippen LogP contribution in [0.25, 0.3) is 0 Å². The summed E-state index contributed by atoms with van der Waals surface area (Å²) in [5.41, 5.74) is 1.32. The molecule has 1 amide bonds. The summed E-state index contributed by atoms with van der Waals surface area (Å²) < 4.78 is 0. The molecule has 1 fully saturated rings. The molecule has 0 saturated carbocycles. The van der Waals surface area contributed by atoms with E-state index in [1.54, 1.807) is 12.4 Å². The standard InChI is InChI=1S/C17H20N4O/c1-17(2)12-20-15(13-6-4-3-5-7-13)11-21(17)16(22)14-10-18-8-9-19-14/h3-10,15,20H,11-12H2,1-2H3. The van der Waals surface area contributed by atoms with Crippen LogP contribution in [0, 0.1) is 0 Å². The minimum Gasteiger partial charge on any atom is -0.329 e. The molecule has 114 valence electrons. The van der Waals surface area contributed by atoms with Crippen LogP contribution in [0.2, 0.25) is 0 Å². The van der Waals surface area contributed by atoms with Gasteiger partial charge in [-0.05, 0) is 19.4 Å². The number of hydrogen-bond acceptors (Lipinski definition) is 4. The number of nitrogens with zero attached hydrogens (tertiary/aromatic N) is 3. The Morgan fingerprint density at radius 1 is 1.27 bits per heavy atom. The van der Waals surface area contributed by atoms with Crippen molar-refractivity contribution in [2.45, 2.75) is 25.4 Å². The maximum Gasteiger partial charge on any atom is 0.274 e. The van der Waals surface area contributed by atoms with Crippen molar-refractivity contribution in [3.8, 4) is 0 Å². The van der Waals surface area contributed by atoms with Gasteiger partial charge in [-0.1, -0.05) is 30.3 Å². The summed E-state index contributed by atoms with van der Waals surface area (Å²) in [5, 5.41) is 3.53. The van der Waals surface area contributed by atoms with Gasteiger partial charge in [0.15, 0.2) is 0 Å². The quantitative estimate of drug-likeness (QED) is 0.921. The summed E-state index contributed by atoms with van der Waals surface area (Å²) in [6.07, 6.45) is 4.65. The number of rotatable bonds is 2. The van der Waals surface area contributed by atoms with Crippen molar-refractivity contribution < 1.29 is 4.79 Å². The molecule has 0 aliphatic carbocycles. The molecule has 2 aromatic rings. The fourth-order valence-electron chi connectivity index (χ4n) is 2.78. The van der Waals surface area contributed by atoms with E-state index in [0.29, 0.717) is 12.2 Å². The van der Waals surface area contributed by atoms with Crippen LogP contribution >= 0.6 is 0 Å². The number of piperazine rings is 1. The third kappa shape index (κ3) is 2.85. The van der Waals surface area contributed by atoms with Crippen molar-refractivity contribution in [3.63, 3.8) is 0 Å². The molecule has 1 aromatic carbocycles. The van der Waals surface area contributed by atoms with Crippen molar-refractivity contribution in [2.75, 3.05) is 13.1 Å². The summed E-state index contributed by atoms with van der Waals surface area (Å²) in [4.78, 5) is 22.8. The molecule has 1 aliphatic heterocycles. The molecular formula is C17H20N4O. The summed E-state index contributed by atoms with van der Waals surface area (Å²) in [6.45, 7) is 5.48. The first-order chi connectivity index (χ1) is 10.6. The van der Waals surface area contributed by atoms with E-state index in [2.05, 4.69) is 41.3 Å². The molecule has 1 saturated heterocycles. The monoisotopic (exact) mass is 296 g/mol. The van der Waals surface area contributed by atoms with E-state index in [9.17, 15) is 4.79 Å². The lowest BCUT2D eigenvalue weighted by Gasteiger charge is -2.46. The van der Waals surface area contributed by atoms with Gasteiger partial charge < -0.3 is 10.2 Å². The fourth-order valence-corrected chi connectivity index (χ4v) is 2.78. The number of hydrogen-bond donors (Lipinski definition) is 1. The van der Waals surface area contributed by atoms with Gasteiger partial charge in [-0.25, -0.2) is 4.98 Å². The van der Waals surface area contributed by atoms with Gasteiger partial charge in [0.05, 0.1) is 11.7 Å². The van der Waals surface area contributed by atoms with Gasteiger partial charge >= 0.3 is 0 Å². The minimum absolute atomic E-state index is 0.0690. The van der Waals surface area contributed by atoms with E-state index in [1.165, 1.54) is 11.8 Å². The molecule has 5 nitrogen and oxygen atoms in total. The van der Waals surface area contributed by atoms with Gasteiger partial charge in [-0.3, -0.25) is 9.78 Å². The first-order valence-corrected chi connectivity index (χ1v) is 7.44. The smallest absolute Gasteiger partial charge is 0.274 e. The van der Waals surface area contributed by atoms with Crippen molar-refractivity contribution in [2.24, 2.45) is 0 Å². The molecule has 1 atom stereocenters. The molecule has 22 heavy (non-hydrogen) atoms. The average Bonchev–Trinajstić information content (AvgIpc) is 2.56. The molecule has 1 unspecified atom stereocenters. The van der Waals surface area contributed by atoms with Crippen molar-refractivity contribution in [1.29, 1.82) is 0 Å². The third-order valence-electron chi connectivity index (χ3n) is 4.11. The van der Waals surface area contributed by atoms with Gasteiger partial charge in [0.2, 0.25) is 0 Å². The maximum atomic E-state index is 12.8. The zero-order chi connectivity index (χ0) is 15.6. The molecule has 1 aromatic heterocycles. The van der Waals surface area contributed by atoms with Gasteiger partial charge in [-0.15, -0.1) is 0 Å². The topological polar surface area (TPSA) is 58.1 Å². The second kappa shape index (κ2) is 5.85. The molecule has 0 radical (unpaired) electrons. The lowest BCUT2D eigenvalue weighted by Crippen LogP contribution is -2.60. The van der Waals surface area contributed by atoms with E-state index in [-0.39, 0.29) is 17.5 Å². The Morgan fingerprint density at radius 2 is 2.05 bits per heavy atom.